The van der Waals surface area contributed by atoms with E-state index in [4.69, 9.17) is 4.52 Å². The molecule has 0 N–H and O–H groups in total. The molecule has 5 nitrogen and oxygen atoms in total. The molecule has 0 aliphatic carbocycles. The van der Waals surface area contributed by atoms with Crippen LogP contribution in [-0.4, -0.2) is 14.9 Å². The fraction of sp³-hybridized carbons (Fsp3) is 0.235. The number of benzene rings is 1. The fourth-order valence-corrected chi connectivity index (χ4v) is 2.53. The molecule has 5 heteroatoms. The Bertz CT molecular complexity index is 858. The van der Waals surface area contributed by atoms with Crippen molar-refractivity contribution in [3.63, 3.8) is 0 Å². The third kappa shape index (κ3) is 2.70. The van der Waals surface area contributed by atoms with Crippen molar-refractivity contribution in [2.75, 3.05) is 0 Å². The lowest BCUT2D eigenvalue weighted by atomic mass is 10.1. The van der Waals surface area contributed by atoms with Gasteiger partial charge in [-0.3, -0.25) is 4.79 Å². The molecule has 0 unspecified atom stereocenters. The molecule has 0 aliphatic rings. The van der Waals surface area contributed by atoms with E-state index in [2.05, 4.69) is 16.3 Å². The summed E-state index contributed by atoms with van der Waals surface area (Å²) in [6, 6.07) is 11.3. The first-order valence-corrected chi connectivity index (χ1v) is 7.11. The zero-order valence-corrected chi connectivity index (χ0v) is 12.8. The highest BCUT2D eigenvalue weighted by Crippen LogP contribution is 2.23. The van der Waals surface area contributed by atoms with Gasteiger partial charge in [0.05, 0.1) is 23.5 Å². The van der Waals surface area contributed by atoms with Crippen LogP contribution in [0.2, 0.25) is 0 Å². The van der Waals surface area contributed by atoms with Crippen LogP contribution in [0.25, 0.3) is 11.3 Å². The van der Waals surface area contributed by atoms with Gasteiger partial charge in [0.15, 0.2) is 0 Å². The van der Waals surface area contributed by atoms with Gasteiger partial charge in [0.2, 0.25) is 0 Å². The SMILES string of the molecule is Cc1cccc(Cn2nc(-c3c(C)noc3C)ccc2=O)c1. The van der Waals surface area contributed by atoms with Crippen molar-refractivity contribution < 1.29 is 4.52 Å². The van der Waals surface area contributed by atoms with Crippen LogP contribution in [0.3, 0.4) is 0 Å². The lowest BCUT2D eigenvalue weighted by Crippen LogP contribution is -2.23. The van der Waals surface area contributed by atoms with Gasteiger partial charge in [0.1, 0.15) is 5.76 Å². The predicted octanol–water partition coefficient (Wildman–Crippen LogP) is 2.87. The van der Waals surface area contributed by atoms with E-state index >= 15 is 0 Å². The van der Waals surface area contributed by atoms with E-state index in [1.54, 1.807) is 6.07 Å². The Morgan fingerprint density at radius 1 is 1.14 bits per heavy atom. The summed E-state index contributed by atoms with van der Waals surface area (Å²) in [6.07, 6.45) is 0. The summed E-state index contributed by atoms with van der Waals surface area (Å²) in [5, 5.41) is 8.40. The van der Waals surface area contributed by atoms with Crippen molar-refractivity contribution in [2.24, 2.45) is 0 Å². The van der Waals surface area contributed by atoms with E-state index in [9.17, 15) is 4.79 Å². The minimum absolute atomic E-state index is 0.128. The van der Waals surface area contributed by atoms with E-state index in [1.165, 1.54) is 10.7 Å². The normalized spacial score (nSPS) is 10.9. The largest absolute Gasteiger partial charge is 0.361 e. The maximum Gasteiger partial charge on any atom is 0.267 e. The Morgan fingerprint density at radius 3 is 2.64 bits per heavy atom. The molecule has 0 fully saturated rings. The van der Waals surface area contributed by atoms with Gasteiger partial charge in [-0.2, -0.15) is 5.10 Å². The summed E-state index contributed by atoms with van der Waals surface area (Å²) < 4.78 is 6.64. The molecule has 0 saturated heterocycles. The van der Waals surface area contributed by atoms with Crippen LogP contribution in [0.1, 0.15) is 22.6 Å². The van der Waals surface area contributed by atoms with Gasteiger partial charge < -0.3 is 4.52 Å². The quantitative estimate of drug-likeness (QED) is 0.745. The first kappa shape index (κ1) is 14.3. The average molecular weight is 295 g/mol. The van der Waals surface area contributed by atoms with E-state index in [0.717, 1.165) is 22.4 Å². The van der Waals surface area contributed by atoms with Gasteiger partial charge in [-0.1, -0.05) is 35.0 Å². The van der Waals surface area contributed by atoms with E-state index in [1.807, 2.05) is 39.0 Å². The molecule has 22 heavy (non-hydrogen) atoms. The Kier molecular flexibility index (Phi) is 3.63. The second-order valence-electron chi connectivity index (χ2n) is 5.40. The summed E-state index contributed by atoms with van der Waals surface area (Å²) in [5.41, 5.74) is 4.39. The van der Waals surface area contributed by atoms with Gasteiger partial charge in [-0.25, -0.2) is 4.68 Å². The van der Waals surface area contributed by atoms with Gasteiger partial charge in [-0.05, 0) is 32.4 Å². The Balaban J connectivity index is 2.02. The summed E-state index contributed by atoms with van der Waals surface area (Å²) in [4.78, 5) is 12.1. The summed E-state index contributed by atoms with van der Waals surface area (Å²) in [5.74, 6) is 0.700. The molecule has 1 aromatic carbocycles. The molecule has 0 spiro atoms. The van der Waals surface area contributed by atoms with Crippen molar-refractivity contribution >= 4 is 0 Å². The lowest BCUT2D eigenvalue weighted by Gasteiger charge is -2.07. The number of aromatic nitrogens is 3. The number of hydrogen-bond donors (Lipinski definition) is 0. The Hall–Kier alpha value is -2.69. The standard InChI is InChI=1S/C17H17N3O2/c1-11-5-4-6-14(9-11)10-20-16(21)8-7-15(18-20)17-12(2)19-22-13(17)3/h4-9H,10H2,1-3H3. The molecule has 2 aromatic heterocycles. The number of hydrogen-bond acceptors (Lipinski definition) is 4. The number of rotatable bonds is 3. The molecule has 0 saturated carbocycles. The number of aryl methyl sites for hydroxylation is 3. The van der Waals surface area contributed by atoms with Crippen LogP contribution in [-0.2, 0) is 6.54 Å². The Labute approximate surface area is 128 Å². The van der Waals surface area contributed by atoms with E-state index in [0.29, 0.717) is 18.0 Å². The summed E-state index contributed by atoms with van der Waals surface area (Å²) in [7, 11) is 0. The molecule has 0 aliphatic heterocycles. The van der Waals surface area contributed by atoms with Gasteiger partial charge in [-0.15, -0.1) is 0 Å². The van der Waals surface area contributed by atoms with Crippen molar-refractivity contribution in [1.29, 1.82) is 0 Å². The zero-order chi connectivity index (χ0) is 15.7. The summed E-state index contributed by atoms with van der Waals surface area (Å²) in [6.45, 7) is 6.17. The molecule has 3 aromatic rings. The maximum atomic E-state index is 12.1. The van der Waals surface area contributed by atoms with Crippen LogP contribution in [0.15, 0.2) is 45.7 Å². The maximum absolute atomic E-state index is 12.1. The fourth-order valence-electron chi connectivity index (χ4n) is 2.53. The number of nitrogens with zero attached hydrogens (tertiary/aromatic N) is 3. The third-order valence-corrected chi connectivity index (χ3v) is 3.57. The minimum atomic E-state index is -0.128. The molecular weight excluding hydrogens is 278 g/mol. The highest BCUT2D eigenvalue weighted by molar-refractivity contribution is 5.62. The molecule has 0 radical (unpaired) electrons. The molecule has 0 amide bonds. The van der Waals surface area contributed by atoms with E-state index in [-0.39, 0.29) is 5.56 Å². The molecule has 3 rings (SSSR count). The molecular formula is C17H17N3O2. The zero-order valence-electron chi connectivity index (χ0n) is 12.8. The van der Waals surface area contributed by atoms with Gasteiger partial charge in [0, 0.05) is 6.07 Å². The van der Waals surface area contributed by atoms with Crippen molar-refractivity contribution in [2.45, 2.75) is 27.3 Å². The average Bonchev–Trinajstić information content (AvgIpc) is 2.81. The van der Waals surface area contributed by atoms with Crippen LogP contribution >= 0.6 is 0 Å². The topological polar surface area (TPSA) is 60.9 Å². The molecule has 0 atom stereocenters. The van der Waals surface area contributed by atoms with Crippen molar-refractivity contribution in [3.8, 4) is 11.3 Å². The van der Waals surface area contributed by atoms with Gasteiger partial charge in [0.25, 0.3) is 5.56 Å². The smallest absolute Gasteiger partial charge is 0.267 e. The second kappa shape index (κ2) is 5.60. The highest BCUT2D eigenvalue weighted by atomic mass is 16.5. The lowest BCUT2D eigenvalue weighted by molar-refractivity contribution is 0.393. The molecule has 2 heterocycles. The van der Waals surface area contributed by atoms with Crippen LogP contribution in [0.5, 0.6) is 0 Å². The molecule has 0 bridgehead atoms. The van der Waals surface area contributed by atoms with Crippen molar-refractivity contribution in [1.82, 2.24) is 14.9 Å². The minimum Gasteiger partial charge on any atom is -0.361 e. The van der Waals surface area contributed by atoms with Gasteiger partial charge >= 0.3 is 0 Å². The second-order valence-corrected chi connectivity index (χ2v) is 5.40. The third-order valence-electron chi connectivity index (χ3n) is 3.57. The summed E-state index contributed by atoms with van der Waals surface area (Å²) >= 11 is 0. The Morgan fingerprint density at radius 2 is 1.95 bits per heavy atom. The van der Waals surface area contributed by atoms with Crippen LogP contribution < -0.4 is 5.56 Å². The van der Waals surface area contributed by atoms with Crippen LogP contribution in [0, 0.1) is 20.8 Å². The van der Waals surface area contributed by atoms with Crippen LogP contribution in [0.4, 0.5) is 0 Å². The first-order chi connectivity index (χ1) is 10.5. The first-order valence-electron chi connectivity index (χ1n) is 7.11. The predicted molar refractivity (Wildman–Crippen MR) is 83.7 cm³/mol. The monoisotopic (exact) mass is 295 g/mol. The molecule has 112 valence electrons. The van der Waals surface area contributed by atoms with Crippen molar-refractivity contribution in [3.05, 3.63) is 69.3 Å². The highest BCUT2D eigenvalue weighted by Gasteiger charge is 2.14. The van der Waals surface area contributed by atoms with E-state index < -0.39 is 0 Å².